The molecule has 1 fully saturated rings. The van der Waals surface area contributed by atoms with Gasteiger partial charge < -0.3 is 19.9 Å². The van der Waals surface area contributed by atoms with Crippen LogP contribution in [0.2, 0.25) is 0 Å². The average Bonchev–Trinajstić information content (AvgIpc) is 2.81. The average molecular weight is 253 g/mol. The number of ether oxygens (including phenoxy) is 3. The van der Waals surface area contributed by atoms with Crippen molar-refractivity contribution in [3.63, 3.8) is 0 Å². The van der Waals surface area contributed by atoms with E-state index in [0.29, 0.717) is 24.7 Å². The first-order valence-corrected chi connectivity index (χ1v) is 6.25. The van der Waals surface area contributed by atoms with E-state index in [1.807, 2.05) is 25.2 Å². The van der Waals surface area contributed by atoms with Gasteiger partial charge in [0.1, 0.15) is 18.0 Å². The van der Waals surface area contributed by atoms with Crippen molar-refractivity contribution in [2.75, 3.05) is 20.3 Å². The van der Waals surface area contributed by atoms with Crippen molar-refractivity contribution >= 4 is 0 Å². The molecular weight excluding hydrogens is 230 g/mol. The molecule has 0 aromatic carbocycles. The number of hydrogen-bond donors (Lipinski definition) is 1. The van der Waals surface area contributed by atoms with Crippen LogP contribution in [-0.2, 0) is 14.2 Å². The number of nitrogens with two attached hydrogens (primary N) is 1. The molecule has 0 aliphatic carbocycles. The molecule has 0 saturated carbocycles. The van der Waals surface area contributed by atoms with Crippen LogP contribution in [0.1, 0.15) is 20.3 Å². The lowest BCUT2D eigenvalue weighted by Crippen LogP contribution is -2.29. The molecule has 18 heavy (non-hydrogen) atoms. The summed E-state index contributed by atoms with van der Waals surface area (Å²) in [5, 5.41) is 0. The monoisotopic (exact) mass is 253 g/mol. The van der Waals surface area contributed by atoms with Gasteiger partial charge in [0.05, 0.1) is 18.9 Å². The van der Waals surface area contributed by atoms with Crippen molar-refractivity contribution < 1.29 is 14.2 Å². The second-order valence-corrected chi connectivity index (χ2v) is 4.17. The summed E-state index contributed by atoms with van der Waals surface area (Å²) < 4.78 is 16.3. The summed E-state index contributed by atoms with van der Waals surface area (Å²) in [4.78, 5) is 0. The van der Waals surface area contributed by atoms with Gasteiger partial charge in [-0.3, -0.25) is 0 Å². The van der Waals surface area contributed by atoms with E-state index in [0.717, 1.165) is 6.42 Å². The molecule has 1 aliphatic heterocycles. The molecule has 0 aromatic rings. The second kappa shape index (κ2) is 7.95. The minimum atomic E-state index is -0.0758. The highest BCUT2D eigenvalue weighted by Gasteiger charge is 2.30. The van der Waals surface area contributed by atoms with Gasteiger partial charge in [0, 0.05) is 7.11 Å². The molecule has 4 nitrogen and oxygen atoms in total. The molecule has 0 bridgehead atoms. The summed E-state index contributed by atoms with van der Waals surface area (Å²) in [5.41, 5.74) is 6.54. The van der Waals surface area contributed by atoms with Gasteiger partial charge in [-0.15, -0.1) is 0 Å². The molecule has 102 valence electrons. The lowest BCUT2D eigenvalue weighted by atomic mass is 10.2. The predicted molar refractivity (Wildman–Crippen MR) is 71.9 cm³/mol. The van der Waals surface area contributed by atoms with Crippen molar-refractivity contribution in [2.45, 2.75) is 32.5 Å². The molecule has 0 aromatic heterocycles. The maximum absolute atomic E-state index is 5.92. The number of hydrogen-bond acceptors (Lipinski definition) is 4. The van der Waals surface area contributed by atoms with E-state index < -0.39 is 0 Å². The van der Waals surface area contributed by atoms with Gasteiger partial charge in [0.2, 0.25) is 0 Å². The summed E-state index contributed by atoms with van der Waals surface area (Å²) in [6.07, 6.45) is 8.69. The number of methoxy groups -OCH3 is 1. The maximum Gasteiger partial charge on any atom is 0.150 e. The van der Waals surface area contributed by atoms with Crippen LogP contribution >= 0.6 is 0 Å². The fraction of sp³-hybridized carbons (Fsp3) is 0.571. The first-order chi connectivity index (χ1) is 8.69. The van der Waals surface area contributed by atoms with E-state index in [2.05, 4.69) is 13.0 Å². The highest BCUT2D eigenvalue weighted by Crippen LogP contribution is 2.17. The zero-order valence-corrected chi connectivity index (χ0v) is 11.4. The van der Waals surface area contributed by atoms with Gasteiger partial charge in [0.15, 0.2) is 0 Å². The zero-order valence-electron chi connectivity index (χ0n) is 11.4. The SMILES string of the molecule is CC\C=C/C=C\C(N)=C(/C)OC1COCC1OC. The quantitative estimate of drug-likeness (QED) is 0.582. The van der Waals surface area contributed by atoms with Gasteiger partial charge in [0.25, 0.3) is 0 Å². The molecule has 1 heterocycles. The van der Waals surface area contributed by atoms with E-state index in [4.69, 9.17) is 19.9 Å². The lowest BCUT2D eigenvalue weighted by Gasteiger charge is -2.19. The highest BCUT2D eigenvalue weighted by molar-refractivity contribution is 5.21. The molecule has 4 heteroatoms. The Morgan fingerprint density at radius 1 is 1.33 bits per heavy atom. The van der Waals surface area contributed by atoms with Crippen LogP contribution in [0.3, 0.4) is 0 Å². The Hall–Kier alpha value is -1.26. The Bertz CT molecular complexity index is 334. The number of rotatable bonds is 6. The predicted octanol–water partition coefficient (Wildman–Crippen LogP) is 2.13. The fourth-order valence-electron chi connectivity index (χ4n) is 1.63. The molecule has 0 spiro atoms. The van der Waals surface area contributed by atoms with Gasteiger partial charge >= 0.3 is 0 Å². The van der Waals surface area contributed by atoms with Gasteiger partial charge in [-0.05, 0) is 19.4 Å². The fourth-order valence-corrected chi connectivity index (χ4v) is 1.63. The molecular formula is C14H23NO3. The largest absolute Gasteiger partial charge is 0.488 e. The van der Waals surface area contributed by atoms with E-state index in [9.17, 15) is 0 Å². The third-order valence-corrected chi connectivity index (χ3v) is 2.78. The summed E-state index contributed by atoms with van der Waals surface area (Å²) in [6.45, 7) is 5.06. The Kier molecular flexibility index (Phi) is 6.54. The Labute approximate surface area is 109 Å². The molecule has 2 N–H and O–H groups in total. The van der Waals surface area contributed by atoms with Crippen molar-refractivity contribution in [3.8, 4) is 0 Å². The van der Waals surface area contributed by atoms with Crippen molar-refractivity contribution in [2.24, 2.45) is 5.73 Å². The first kappa shape index (κ1) is 14.8. The van der Waals surface area contributed by atoms with E-state index in [1.165, 1.54) is 0 Å². The minimum Gasteiger partial charge on any atom is -0.488 e. The van der Waals surface area contributed by atoms with Crippen molar-refractivity contribution in [1.29, 1.82) is 0 Å². The van der Waals surface area contributed by atoms with Crippen molar-refractivity contribution in [3.05, 3.63) is 35.8 Å². The smallest absolute Gasteiger partial charge is 0.150 e. The van der Waals surface area contributed by atoms with Gasteiger partial charge in [-0.2, -0.15) is 0 Å². The van der Waals surface area contributed by atoms with Gasteiger partial charge in [-0.1, -0.05) is 25.2 Å². The lowest BCUT2D eigenvalue weighted by molar-refractivity contribution is 0.00165. The van der Waals surface area contributed by atoms with Crippen LogP contribution in [0.4, 0.5) is 0 Å². The normalized spacial score (nSPS) is 25.9. The summed E-state index contributed by atoms with van der Waals surface area (Å²) in [7, 11) is 1.66. The molecule has 0 amide bonds. The van der Waals surface area contributed by atoms with Crippen LogP contribution in [0.25, 0.3) is 0 Å². The molecule has 0 radical (unpaired) electrons. The van der Waals surface area contributed by atoms with E-state index >= 15 is 0 Å². The molecule has 1 rings (SSSR count). The Morgan fingerprint density at radius 3 is 2.72 bits per heavy atom. The Morgan fingerprint density at radius 2 is 2.06 bits per heavy atom. The summed E-state index contributed by atoms with van der Waals surface area (Å²) >= 11 is 0. The topological polar surface area (TPSA) is 53.7 Å². The molecule has 2 atom stereocenters. The van der Waals surface area contributed by atoms with Crippen LogP contribution in [0.5, 0.6) is 0 Å². The van der Waals surface area contributed by atoms with E-state index in [-0.39, 0.29) is 12.2 Å². The second-order valence-electron chi connectivity index (χ2n) is 4.17. The summed E-state index contributed by atoms with van der Waals surface area (Å²) in [6, 6.07) is 0. The Balaban J connectivity index is 2.53. The standard InChI is InChI=1S/C14H23NO3/c1-4-5-6-7-8-12(15)11(2)18-14-10-17-9-13(14)16-3/h5-8,13-14H,4,9-10,15H2,1-3H3/b6-5-,8-7-,12-11-. The maximum atomic E-state index is 5.92. The molecule has 1 saturated heterocycles. The van der Waals surface area contributed by atoms with Gasteiger partial charge in [-0.25, -0.2) is 0 Å². The third-order valence-electron chi connectivity index (χ3n) is 2.78. The molecule has 2 unspecified atom stereocenters. The third kappa shape index (κ3) is 4.55. The van der Waals surface area contributed by atoms with Crippen molar-refractivity contribution in [1.82, 2.24) is 0 Å². The summed E-state index contributed by atoms with van der Waals surface area (Å²) in [5.74, 6) is 0.702. The highest BCUT2D eigenvalue weighted by atomic mass is 16.6. The zero-order chi connectivity index (χ0) is 13.4. The first-order valence-electron chi connectivity index (χ1n) is 6.25. The van der Waals surface area contributed by atoms with Crippen LogP contribution in [0, 0.1) is 0 Å². The molecule has 1 aliphatic rings. The van der Waals surface area contributed by atoms with Crippen LogP contribution in [-0.4, -0.2) is 32.5 Å². The van der Waals surface area contributed by atoms with Crippen LogP contribution < -0.4 is 5.73 Å². The van der Waals surface area contributed by atoms with E-state index in [1.54, 1.807) is 7.11 Å². The number of allylic oxidation sites excluding steroid dienone is 5. The van der Waals surface area contributed by atoms with Crippen LogP contribution in [0.15, 0.2) is 35.8 Å². The minimum absolute atomic E-state index is 0.0169.